The van der Waals surface area contributed by atoms with E-state index in [0.29, 0.717) is 17.3 Å². The van der Waals surface area contributed by atoms with Crippen molar-refractivity contribution < 1.29 is 9.59 Å². The van der Waals surface area contributed by atoms with Crippen molar-refractivity contribution in [3.8, 4) is 10.6 Å². The second-order valence-corrected chi connectivity index (χ2v) is 9.96. The Morgan fingerprint density at radius 1 is 1.21 bits per heavy atom. The number of anilines is 1. The predicted octanol–water partition coefficient (Wildman–Crippen LogP) is 3.83. The fourth-order valence-corrected chi connectivity index (χ4v) is 5.12. The minimum Gasteiger partial charge on any atom is -0.367 e. The summed E-state index contributed by atoms with van der Waals surface area (Å²) in [6.07, 6.45) is 7.85. The number of aromatic nitrogens is 3. The number of carbonyl (C=O) groups excluding carboxylic acids is 2. The highest BCUT2D eigenvalue weighted by Crippen LogP contribution is 2.32. The second-order valence-electron chi connectivity index (χ2n) is 8.79. The maximum atomic E-state index is 12.0. The summed E-state index contributed by atoms with van der Waals surface area (Å²) in [5.41, 5.74) is 2.36. The Labute approximate surface area is 202 Å². The van der Waals surface area contributed by atoms with Crippen LogP contribution in [0.2, 0.25) is 0 Å². The Morgan fingerprint density at radius 3 is 2.68 bits per heavy atom. The average molecular weight is 480 g/mol. The van der Waals surface area contributed by atoms with E-state index in [1.54, 1.807) is 28.1 Å². The van der Waals surface area contributed by atoms with Crippen LogP contribution in [0, 0.1) is 0 Å². The van der Waals surface area contributed by atoms with Gasteiger partial charge in [-0.05, 0) is 57.0 Å². The van der Waals surface area contributed by atoms with Gasteiger partial charge in [0.05, 0.1) is 16.8 Å². The summed E-state index contributed by atoms with van der Waals surface area (Å²) in [6, 6.07) is 6.29. The van der Waals surface area contributed by atoms with Crippen LogP contribution < -0.4 is 16.0 Å². The number of fused-ring (bicyclic) bond motifs is 1. The molecule has 1 aliphatic heterocycles. The monoisotopic (exact) mass is 479 g/mol. The highest BCUT2D eigenvalue weighted by molar-refractivity contribution is 7.15. The molecular weight excluding hydrogens is 450 g/mol. The van der Waals surface area contributed by atoms with Crippen LogP contribution in [0.4, 0.5) is 10.6 Å². The summed E-state index contributed by atoms with van der Waals surface area (Å²) in [7, 11) is 0. The van der Waals surface area contributed by atoms with Crippen LogP contribution in [-0.4, -0.2) is 50.6 Å². The molecule has 2 aliphatic rings. The number of carbonyl (C=O) groups is 2. The number of nitrogens with one attached hydrogen (secondary N) is 3. The molecule has 5 rings (SSSR count). The molecule has 178 valence electrons. The molecule has 0 bridgehead atoms. The summed E-state index contributed by atoms with van der Waals surface area (Å²) in [5, 5.41) is 12.8. The number of imide groups is 1. The molecule has 1 saturated carbocycles. The van der Waals surface area contributed by atoms with E-state index in [1.165, 1.54) is 4.88 Å². The Kier molecular flexibility index (Phi) is 6.34. The van der Waals surface area contributed by atoms with Gasteiger partial charge in [0.2, 0.25) is 0 Å². The van der Waals surface area contributed by atoms with Crippen LogP contribution >= 0.6 is 11.3 Å². The lowest BCUT2D eigenvalue weighted by Gasteiger charge is -2.19. The number of thiophene rings is 1. The molecule has 0 aromatic carbocycles. The normalized spacial score (nSPS) is 17.1. The fourth-order valence-electron chi connectivity index (χ4n) is 4.11. The van der Waals surface area contributed by atoms with Crippen LogP contribution in [0.15, 0.2) is 30.1 Å². The first kappa shape index (κ1) is 22.5. The van der Waals surface area contributed by atoms with Gasteiger partial charge >= 0.3 is 6.03 Å². The molecule has 4 heterocycles. The summed E-state index contributed by atoms with van der Waals surface area (Å²) in [4.78, 5) is 33.3. The molecule has 3 N–H and O–H groups in total. The van der Waals surface area contributed by atoms with Crippen molar-refractivity contribution in [3.63, 3.8) is 0 Å². The Hall–Kier alpha value is -3.24. The van der Waals surface area contributed by atoms with E-state index in [9.17, 15) is 9.59 Å². The zero-order chi connectivity index (χ0) is 23.7. The molecule has 0 radical (unpaired) electrons. The lowest BCUT2D eigenvalue weighted by molar-refractivity contribution is -0.115. The van der Waals surface area contributed by atoms with E-state index in [0.717, 1.165) is 61.7 Å². The van der Waals surface area contributed by atoms with Gasteiger partial charge in [0.25, 0.3) is 5.91 Å². The van der Waals surface area contributed by atoms with Gasteiger partial charge in [0, 0.05) is 29.1 Å². The molecule has 10 heteroatoms. The standard InChI is InChI=1S/C24H29N7O2S/c1-3-9-30(10-4-2)14-17-7-8-20(34-17)18-12-21(26-16-5-6-16)31-22(27-18)15(13-25-31)11-19-23(32)29-24(33)28-19/h7-8,11-13,16,26H,3-6,9-10,14H2,1-2H3,(H2,28,29,32,33)/b19-11-. The maximum Gasteiger partial charge on any atom is 0.326 e. The summed E-state index contributed by atoms with van der Waals surface area (Å²) >= 11 is 1.76. The second kappa shape index (κ2) is 9.55. The molecule has 2 fully saturated rings. The molecule has 3 aromatic rings. The minimum absolute atomic E-state index is 0.189. The number of hydrogen-bond donors (Lipinski definition) is 3. The predicted molar refractivity (Wildman–Crippen MR) is 133 cm³/mol. The van der Waals surface area contributed by atoms with E-state index in [1.807, 2.05) is 6.07 Å². The molecule has 9 nitrogen and oxygen atoms in total. The van der Waals surface area contributed by atoms with Crippen molar-refractivity contribution in [1.29, 1.82) is 0 Å². The molecule has 0 spiro atoms. The lowest BCUT2D eigenvalue weighted by Crippen LogP contribution is -2.24. The molecular formula is C24H29N7O2S. The zero-order valence-electron chi connectivity index (χ0n) is 19.4. The third kappa shape index (κ3) is 4.83. The van der Waals surface area contributed by atoms with E-state index < -0.39 is 11.9 Å². The average Bonchev–Trinajstić information content (AvgIpc) is 3.19. The third-order valence-corrected chi connectivity index (χ3v) is 6.91. The van der Waals surface area contributed by atoms with Crippen molar-refractivity contribution in [2.45, 2.75) is 52.1 Å². The third-order valence-electron chi connectivity index (χ3n) is 5.82. The largest absolute Gasteiger partial charge is 0.367 e. The molecule has 0 unspecified atom stereocenters. The molecule has 1 aliphatic carbocycles. The van der Waals surface area contributed by atoms with Gasteiger partial charge in [-0.3, -0.25) is 15.0 Å². The Morgan fingerprint density at radius 2 is 2.00 bits per heavy atom. The van der Waals surface area contributed by atoms with Gasteiger partial charge in [0.1, 0.15) is 11.5 Å². The van der Waals surface area contributed by atoms with Crippen molar-refractivity contribution in [2.24, 2.45) is 0 Å². The lowest BCUT2D eigenvalue weighted by atomic mass is 10.2. The van der Waals surface area contributed by atoms with Gasteiger partial charge in [-0.25, -0.2) is 9.78 Å². The number of amides is 3. The molecule has 3 amide bonds. The smallest absolute Gasteiger partial charge is 0.326 e. The molecule has 34 heavy (non-hydrogen) atoms. The number of hydrogen-bond acceptors (Lipinski definition) is 7. The van der Waals surface area contributed by atoms with E-state index >= 15 is 0 Å². The fraction of sp³-hybridized carbons (Fsp3) is 0.417. The van der Waals surface area contributed by atoms with E-state index in [4.69, 9.17) is 4.98 Å². The van der Waals surface area contributed by atoms with Crippen LogP contribution in [0.5, 0.6) is 0 Å². The van der Waals surface area contributed by atoms with Crippen LogP contribution in [0.3, 0.4) is 0 Å². The van der Waals surface area contributed by atoms with Gasteiger partial charge in [-0.1, -0.05) is 13.8 Å². The first-order chi connectivity index (χ1) is 16.5. The van der Waals surface area contributed by atoms with Crippen molar-refractivity contribution in [1.82, 2.24) is 30.1 Å². The molecule has 1 saturated heterocycles. The number of urea groups is 1. The SMILES string of the molecule is CCCN(CCC)Cc1ccc(-c2cc(NC3CC3)n3ncc(/C=C4\NC(=O)NC4=O)c3n2)s1. The molecule has 3 aromatic heterocycles. The van der Waals surface area contributed by atoms with Crippen LogP contribution in [0.25, 0.3) is 22.3 Å². The molecule has 0 atom stereocenters. The Balaban J connectivity index is 1.50. The van der Waals surface area contributed by atoms with Crippen molar-refractivity contribution >= 4 is 40.8 Å². The highest BCUT2D eigenvalue weighted by Gasteiger charge is 2.25. The van der Waals surface area contributed by atoms with Crippen molar-refractivity contribution in [2.75, 3.05) is 18.4 Å². The maximum absolute atomic E-state index is 12.0. The van der Waals surface area contributed by atoms with Gasteiger partial charge in [-0.15, -0.1) is 11.3 Å². The Bertz CT molecular complexity index is 1250. The van der Waals surface area contributed by atoms with E-state index in [-0.39, 0.29) is 5.70 Å². The number of nitrogens with zero attached hydrogens (tertiary/aromatic N) is 4. The van der Waals surface area contributed by atoms with E-state index in [2.05, 4.69) is 51.9 Å². The zero-order valence-corrected chi connectivity index (χ0v) is 20.2. The summed E-state index contributed by atoms with van der Waals surface area (Å²) in [6.45, 7) is 7.57. The topological polar surface area (TPSA) is 104 Å². The van der Waals surface area contributed by atoms with Gasteiger partial charge in [0.15, 0.2) is 5.65 Å². The highest BCUT2D eigenvalue weighted by atomic mass is 32.1. The summed E-state index contributed by atoms with van der Waals surface area (Å²) in [5.74, 6) is 0.420. The quantitative estimate of drug-likeness (QED) is 0.302. The van der Waals surface area contributed by atoms with Crippen LogP contribution in [0.1, 0.15) is 50.0 Å². The van der Waals surface area contributed by atoms with Crippen LogP contribution in [-0.2, 0) is 11.3 Å². The van der Waals surface area contributed by atoms with Gasteiger partial charge in [-0.2, -0.15) is 9.61 Å². The van der Waals surface area contributed by atoms with Crippen molar-refractivity contribution in [3.05, 3.63) is 40.5 Å². The first-order valence-electron chi connectivity index (χ1n) is 11.8. The minimum atomic E-state index is -0.524. The first-order valence-corrected chi connectivity index (χ1v) is 12.7. The van der Waals surface area contributed by atoms with Gasteiger partial charge < -0.3 is 10.6 Å². The summed E-state index contributed by atoms with van der Waals surface area (Å²) < 4.78 is 1.77. The number of rotatable bonds is 10.